The molecule has 0 spiro atoms. The van der Waals surface area contributed by atoms with Gasteiger partial charge in [0.25, 0.3) is 0 Å². The summed E-state index contributed by atoms with van der Waals surface area (Å²) < 4.78 is 0. The van der Waals surface area contributed by atoms with Crippen molar-refractivity contribution in [3.8, 4) is 0 Å². The van der Waals surface area contributed by atoms with Gasteiger partial charge in [0.15, 0.2) is 0 Å². The van der Waals surface area contributed by atoms with Crippen LogP contribution >= 0.6 is 0 Å². The lowest BCUT2D eigenvalue weighted by Crippen LogP contribution is -1.89. The van der Waals surface area contributed by atoms with Crippen molar-refractivity contribution in [2.75, 3.05) is 0 Å². The molecule has 0 aliphatic rings. The van der Waals surface area contributed by atoms with Gasteiger partial charge in [-0.1, -0.05) is 60.7 Å². The highest BCUT2D eigenvalue weighted by molar-refractivity contribution is 6.36. The molecule has 110 valence electrons. The normalized spacial score (nSPS) is 12.2. The fraction of sp³-hybridized carbons (Fsp3) is 0. The van der Waals surface area contributed by atoms with E-state index >= 15 is 0 Å². The maximum atomic E-state index is 4.74. The monoisotopic (exact) mass is 303 g/mol. The Bertz CT molecular complexity index is 1390. The predicted octanol–water partition coefficient (Wildman–Crippen LogP) is 6.29. The third kappa shape index (κ3) is 1.38. The molecule has 1 nitrogen and oxygen atoms in total. The fourth-order valence-corrected chi connectivity index (χ4v) is 4.23. The standard InChI is InChI=1S/C23H13N/c1-2-7-16-15(5-1)13-20-22-18(16)11-10-14-6-3-8-17(21(14)22)19-9-4-12-24-23(19)20/h1-13H. The molecule has 0 saturated heterocycles. The average Bonchev–Trinajstić information content (AvgIpc) is 2.66. The van der Waals surface area contributed by atoms with Crippen molar-refractivity contribution in [1.29, 1.82) is 0 Å². The van der Waals surface area contributed by atoms with Crippen LogP contribution in [-0.2, 0) is 0 Å². The lowest BCUT2D eigenvalue weighted by molar-refractivity contribution is 1.43. The number of fused-ring (bicyclic) bond motifs is 5. The van der Waals surface area contributed by atoms with E-state index in [4.69, 9.17) is 4.98 Å². The van der Waals surface area contributed by atoms with Crippen LogP contribution in [0.2, 0.25) is 0 Å². The summed E-state index contributed by atoms with van der Waals surface area (Å²) in [6.45, 7) is 0. The van der Waals surface area contributed by atoms with Gasteiger partial charge in [-0.05, 0) is 44.5 Å². The Kier molecular flexibility index (Phi) is 2.15. The molecule has 0 radical (unpaired) electrons. The quantitative estimate of drug-likeness (QED) is 0.237. The number of nitrogens with zero attached hydrogens (tertiary/aromatic N) is 1. The van der Waals surface area contributed by atoms with E-state index in [1.807, 2.05) is 12.3 Å². The van der Waals surface area contributed by atoms with Crippen molar-refractivity contribution in [3.05, 3.63) is 79.0 Å². The van der Waals surface area contributed by atoms with Crippen LogP contribution in [0.25, 0.3) is 54.0 Å². The van der Waals surface area contributed by atoms with E-state index in [9.17, 15) is 0 Å². The van der Waals surface area contributed by atoms with Gasteiger partial charge in [-0.3, -0.25) is 4.98 Å². The summed E-state index contributed by atoms with van der Waals surface area (Å²) in [6, 6.07) is 26.3. The average molecular weight is 303 g/mol. The minimum atomic E-state index is 1.10. The summed E-state index contributed by atoms with van der Waals surface area (Å²) in [5.74, 6) is 0. The molecule has 0 N–H and O–H groups in total. The Labute approximate surface area is 138 Å². The van der Waals surface area contributed by atoms with Crippen molar-refractivity contribution in [1.82, 2.24) is 4.98 Å². The molecule has 6 rings (SSSR count). The molecule has 24 heavy (non-hydrogen) atoms. The van der Waals surface area contributed by atoms with Crippen LogP contribution in [0.4, 0.5) is 0 Å². The van der Waals surface area contributed by atoms with Crippen LogP contribution in [0.15, 0.2) is 79.0 Å². The fourth-order valence-electron chi connectivity index (χ4n) is 4.23. The van der Waals surface area contributed by atoms with E-state index in [-0.39, 0.29) is 0 Å². The number of hydrogen-bond donors (Lipinski definition) is 0. The van der Waals surface area contributed by atoms with E-state index in [1.54, 1.807) is 0 Å². The van der Waals surface area contributed by atoms with Gasteiger partial charge >= 0.3 is 0 Å². The second-order valence-electron chi connectivity index (χ2n) is 6.44. The highest BCUT2D eigenvalue weighted by Crippen LogP contribution is 2.42. The SMILES string of the molecule is c1ccc2c(c1)cc1c3ncccc3c3cccc4ccc2c1c43. The summed E-state index contributed by atoms with van der Waals surface area (Å²) in [4.78, 5) is 4.74. The molecule has 0 bridgehead atoms. The van der Waals surface area contributed by atoms with Crippen LogP contribution in [0.5, 0.6) is 0 Å². The van der Waals surface area contributed by atoms with E-state index in [0.29, 0.717) is 0 Å². The molecule has 0 aliphatic carbocycles. The third-order valence-corrected chi connectivity index (χ3v) is 5.22. The zero-order valence-electron chi connectivity index (χ0n) is 13.0. The van der Waals surface area contributed by atoms with Gasteiger partial charge in [0.05, 0.1) is 5.52 Å². The molecule has 0 aliphatic heterocycles. The molecule has 1 heteroatoms. The number of aromatic nitrogens is 1. The predicted molar refractivity (Wildman–Crippen MR) is 103 cm³/mol. The number of rotatable bonds is 0. The minimum Gasteiger partial charge on any atom is -0.256 e. The Hall–Kier alpha value is -3.19. The topological polar surface area (TPSA) is 12.9 Å². The van der Waals surface area contributed by atoms with E-state index in [1.165, 1.54) is 48.5 Å². The lowest BCUT2D eigenvalue weighted by Gasteiger charge is -2.15. The van der Waals surface area contributed by atoms with Crippen LogP contribution < -0.4 is 0 Å². The smallest absolute Gasteiger partial charge is 0.0787 e. The number of pyridine rings is 1. The van der Waals surface area contributed by atoms with Crippen LogP contribution in [-0.4, -0.2) is 4.98 Å². The second kappa shape index (κ2) is 4.21. The maximum absolute atomic E-state index is 4.74. The van der Waals surface area contributed by atoms with Crippen molar-refractivity contribution in [2.45, 2.75) is 0 Å². The molecule has 1 heterocycles. The van der Waals surface area contributed by atoms with Gasteiger partial charge in [-0.2, -0.15) is 0 Å². The first-order valence-corrected chi connectivity index (χ1v) is 8.25. The van der Waals surface area contributed by atoms with Gasteiger partial charge in [-0.15, -0.1) is 0 Å². The molecule has 0 amide bonds. The first-order valence-electron chi connectivity index (χ1n) is 8.25. The minimum absolute atomic E-state index is 1.10. The molecular weight excluding hydrogens is 290 g/mol. The molecule has 6 aromatic rings. The molecule has 0 saturated carbocycles. The van der Waals surface area contributed by atoms with Crippen molar-refractivity contribution < 1.29 is 0 Å². The first kappa shape index (κ1) is 12.3. The molecule has 5 aromatic carbocycles. The van der Waals surface area contributed by atoms with Gasteiger partial charge in [0.1, 0.15) is 0 Å². The highest BCUT2D eigenvalue weighted by Gasteiger charge is 2.15. The van der Waals surface area contributed by atoms with E-state index in [0.717, 1.165) is 5.52 Å². The van der Waals surface area contributed by atoms with E-state index < -0.39 is 0 Å². The summed E-state index contributed by atoms with van der Waals surface area (Å²) in [7, 11) is 0. The first-order chi connectivity index (χ1) is 11.9. The number of hydrogen-bond acceptors (Lipinski definition) is 1. The maximum Gasteiger partial charge on any atom is 0.0787 e. The number of benzene rings is 5. The van der Waals surface area contributed by atoms with Gasteiger partial charge < -0.3 is 0 Å². The lowest BCUT2D eigenvalue weighted by atomic mass is 9.89. The highest BCUT2D eigenvalue weighted by atomic mass is 14.6. The van der Waals surface area contributed by atoms with Crippen LogP contribution in [0.3, 0.4) is 0 Å². The Morgan fingerprint density at radius 3 is 2.29 bits per heavy atom. The molecule has 0 unspecified atom stereocenters. The second-order valence-corrected chi connectivity index (χ2v) is 6.44. The molecule has 0 fully saturated rings. The Balaban J connectivity index is 2.12. The van der Waals surface area contributed by atoms with Crippen molar-refractivity contribution in [3.63, 3.8) is 0 Å². The third-order valence-electron chi connectivity index (χ3n) is 5.22. The molecule has 1 aromatic heterocycles. The summed E-state index contributed by atoms with van der Waals surface area (Å²) in [5.41, 5.74) is 1.10. The van der Waals surface area contributed by atoms with Gasteiger partial charge in [0, 0.05) is 22.4 Å². The summed E-state index contributed by atoms with van der Waals surface area (Å²) in [5, 5.41) is 11.7. The zero-order chi connectivity index (χ0) is 15.7. The summed E-state index contributed by atoms with van der Waals surface area (Å²) >= 11 is 0. The van der Waals surface area contributed by atoms with Crippen LogP contribution in [0.1, 0.15) is 0 Å². The van der Waals surface area contributed by atoms with Gasteiger partial charge in [-0.25, -0.2) is 0 Å². The largest absolute Gasteiger partial charge is 0.256 e. The molecule has 0 atom stereocenters. The van der Waals surface area contributed by atoms with Gasteiger partial charge in [0.2, 0.25) is 0 Å². The zero-order valence-corrected chi connectivity index (χ0v) is 13.0. The Morgan fingerprint density at radius 2 is 1.29 bits per heavy atom. The molecular formula is C23H13N. The van der Waals surface area contributed by atoms with Crippen molar-refractivity contribution >= 4 is 54.0 Å². The summed E-state index contributed by atoms with van der Waals surface area (Å²) in [6.07, 6.45) is 1.90. The van der Waals surface area contributed by atoms with E-state index in [2.05, 4.69) is 66.7 Å². The van der Waals surface area contributed by atoms with Crippen molar-refractivity contribution in [2.24, 2.45) is 0 Å². The Morgan fingerprint density at radius 1 is 0.500 bits per heavy atom. The van der Waals surface area contributed by atoms with Crippen LogP contribution in [0, 0.1) is 0 Å².